The van der Waals surface area contributed by atoms with Crippen molar-refractivity contribution in [3.63, 3.8) is 0 Å². The summed E-state index contributed by atoms with van der Waals surface area (Å²) in [5.74, 6) is -2.22. The third-order valence-corrected chi connectivity index (χ3v) is 5.20. The molecular weight excluding hydrogens is 424 g/mol. The fourth-order valence-electron chi connectivity index (χ4n) is 3.33. The standard InChI is InChI=1S/C26H27F2N3O2/c1-4-17-6-5-7-18(10-17)20-11-23(25(30-14-20)26(33)16(2)3)31-24(32)15-29-13-19-8-9-21(27)12-22(19)28/h5-12,14,16,29H,4,13,15H2,1-3H3,(H,31,32). The summed E-state index contributed by atoms with van der Waals surface area (Å²) in [5, 5.41) is 5.59. The predicted octanol–water partition coefficient (Wildman–Crippen LogP) is 5.16. The van der Waals surface area contributed by atoms with Gasteiger partial charge < -0.3 is 10.6 Å². The SMILES string of the molecule is CCc1cccc(-c2cnc(C(=O)C(C)C)c(NC(=O)CNCc3ccc(F)cc3F)c2)c1. The fraction of sp³-hybridized carbons (Fsp3) is 0.269. The molecule has 0 unspecified atom stereocenters. The minimum atomic E-state index is -0.682. The minimum Gasteiger partial charge on any atom is -0.323 e. The summed E-state index contributed by atoms with van der Waals surface area (Å²) in [5.41, 5.74) is 3.65. The number of ketones is 1. The van der Waals surface area contributed by atoms with E-state index in [2.05, 4.69) is 22.5 Å². The molecule has 0 aliphatic rings. The van der Waals surface area contributed by atoms with Crippen LogP contribution in [-0.4, -0.2) is 23.2 Å². The van der Waals surface area contributed by atoms with E-state index in [0.29, 0.717) is 5.69 Å². The zero-order chi connectivity index (χ0) is 24.0. The van der Waals surface area contributed by atoms with Crippen LogP contribution < -0.4 is 10.6 Å². The summed E-state index contributed by atoms with van der Waals surface area (Å²) >= 11 is 0. The molecule has 3 rings (SSSR count). The van der Waals surface area contributed by atoms with Gasteiger partial charge in [-0.25, -0.2) is 8.78 Å². The van der Waals surface area contributed by atoms with Crippen LogP contribution in [0.3, 0.4) is 0 Å². The maximum atomic E-state index is 13.8. The monoisotopic (exact) mass is 451 g/mol. The molecule has 5 nitrogen and oxygen atoms in total. The van der Waals surface area contributed by atoms with Gasteiger partial charge in [0.15, 0.2) is 5.78 Å². The lowest BCUT2D eigenvalue weighted by atomic mass is 10.00. The molecule has 1 aromatic heterocycles. The number of nitrogens with zero attached hydrogens (tertiary/aromatic N) is 1. The van der Waals surface area contributed by atoms with Gasteiger partial charge in [-0.1, -0.05) is 51.1 Å². The van der Waals surface area contributed by atoms with Gasteiger partial charge in [-0.05, 0) is 29.7 Å². The van der Waals surface area contributed by atoms with Crippen molar-refractivity contribution in [3.05, 3.63) is 83.2 Å². The van der Waals surface area contributed by atoms with E-state index >= 15 is 0 Å². The molecule has 0 atom stereocenters. The minimum absolute atomic E-state index is 0.0550. The molecule has 0 aliphatic carbocycles. The third kappa shape index (κ3) is 6.29. The number of amides is 1. The number of carbonyl (C=O) groups is 2. The maximum Gasteiger partial charge on any atom is 0.238 e. The van der Waals surface area contributed by atoms with Gasteiger partial charge in [0.05, 0.1) is 12.2 Å². The molecule has 2 aromatic carbocycles. The van der Waals surface area contributed by atoms with Crippen molar-refractivity contribution in [2.45, 2.75) is 33.7 Å². The maximum absolute atomic E-state index is 13.8. The summed E-state index contributed by atoms with van der Waals surface area (Å²) < 4.78 is 26.8. The van der Waals surface area contributed by atoms with Gasteiger partial charge in [-0.3, -0.25) is 14.6 Å². The number of benzene rings is 2. The van der Waals surface area contributed by atoms with Gasteiger partial charge in [0.25, 0.3) is 0 Å². The van der Waals surface area contributed by atoms with Crippen molar-refractivity contribution in [1.29, 1.82) is 0 Å². The smallest absolute Gasteiger partial charge is 0.238 e. The second-order valence-corrected chi connectivity index (χ2v) is 8.08. The van der Waals surface area contributed by atoms with Crippen LogP contribution >= 0.6 is 0 Å². The molecule has 0 saturated carbocycles. The first-order valence-electron chi connectivity index (χ1n) is 10.9. The first-order chi connectivity index (χ1) is 15.8. The van der Waals surface area contributed by atoms with E-state index in [1.807, 2.05) is 24.3 Å². The average molecular weight is 452 g/mol. The number of hydrogen-bond acceptors (Lipinski definition) is 4. The van der Waals surface area contributed by atoms with Gasteiger partial charge >= 0.3 is 0 Å². The lowest BCUT2D eigenvalue weighted by Gasteiger charge is -2.14. The van der Waals surface area contributed by atoms with Crippen LogP contribution in [-0.2, 0) is 17.8 Å². The topological polar surface area (TPSA) is 71.1 Å². The van der Waals surface area contributed by atoms with Crippen molar-refractivity contribution >= 4 is 17.4 Å². The van der Waals surface area contributed by atoms with Crippen LogP contribution in [0.4, 0.5) is 14.5 Å². The van der Waals surface area contributed by atoms with Crippen LogP contribution in [0.5, 0.6) is 0 Å². The van der Waals surface area contributed by atoms with Gasteiger partial charge in [0.2, 0.25) is 5.91 Å². The fourth-order valence-corrected chi connectivity index (χ4v) is 3.33. The van der Waals surface area contributed by atoms with E-state index in [9.17, 15) is 18.4 Å². The zero-order valence-corrected chi connectivity index (χ0v) is 18.9. The molecule has 0 radical (unpaired) electrons. The highest BCUT2D eigenvalue weighted by Crippen LogP contribution is 2.26. The van der Waals surface area contributed by atoms with Crippen LogP contribution in [0.15, 0.2) is 54.7 Å². The van der Waals surface area contributed by atoms with E-state index in [1.165, 1.54) is 6.07 Å². The highest BCUT2D eigenvalue weighted by Gasteiger charge is 2.19. The van der Waals surface area contributed by atoms with Gasteiger partial charge in [0.1, 0.15) is 17.3 Å². The number of nitrogens with one attached hydrogen (secondary N) is 2. The number of aryl methyl sites for hydroxylation is 1. The van der Waals surface area contributed by atoms with E-state index in [4.69, 9.17) is 0 Å². The molecule has 172 valence electrons. The normalized spacial score (nSPS) is 11.0. The van der Waals surface area contributed by atoms with Crippen LogP contribution in [0, 0.1) is 17.6 Å². The van der Waals surface area contributed by atoms with E-state index < -0.39 is 17.5 Å². The first-order valence-corrected chi connectivity index (χ1v) is 10.9. The highest BCUT2D eigenvalue weighted by molar-refractivity contribution is 6.05. The van der Waals surface area contributed by atoms with E-state index in [0.717, 1.165) is 35.2 Å². The second-order valence-electron chi connectivity index (χ2n) is 8.08. The van der Waals surface area contributed by atoms with Gasteiger partial charge in [-0.15, -0.1) is 0 Å². The average Bonchev–Trinajstić information content (AvgIpc) is 2.80. The number of rotatable bonds is 9. The lowest BCUT2D eigenvalue weighted by Crippen LogP contribution is -2.29. The van der Waals surface area contributed by atoms with Crippen molar-refractivity contribution in [1.82, 2.24) is 10.3 Å². The Morgan fingerprint density at radius 3 is 2.52 bits per heavy atom. The Bertz CT molecular complexity index is 1160. The molecule has 0 fully saturated rings. The molecule has 7 heteroatoms. The molecule has 0 spiro atoms. The van der Waals surface area contributed by atoms with E-state index in [1.54, 1.807) is 26.1 Å². The second kappa shape index (κ2) is 10.9. The Kier molecular flexibility index (Phi) is 8.01. The van der Waals surface area contributed by atoms with Crippen LogP contribution in [0.2, 0.25) is 0 Å². The lowest BCUT2D eigenvalue weighted by molar-refractivity contribution is -0.115. The Hall–Kier alpha value is -3.45. The van der Waals surface area contributed by atoms with Crippen molar-refractivity contribution in [3.8, 4) is 11.1 Å². The first kappa shape index (κ1) is 24.2. The van der Waals surface area contributed by atoms with Gasteiger partial charge in [-0.2, -0.15) is 0 Å². The molecule has 0 aliphatic heterocycles. The molecule has 3 aromatic rings. The number of Topliss-reactive ketones (excluding diaryl/α,β-unsaturated/α-hetero) is 1. The zero-order valence-electron chi connectivity index (χ0n) is 18.9. The molecule has 0 bridgehead atoms. The molecule has 0 saturated heterocycles. The van der Waals surface area contributed by atoms with Crippen LogP contribution in [0.1, 0.15) is 42.4 Å². The third-order valence-electron chi connectivity index (χ3n) is 5.20. The van der Waals surface area contributed by atoms with Gasteiger partial charge in [0, 0.05) is 35.9 Å². The van der Waals surface area contributed by atoms with Crippen molar-refractivity contribution in [2.75, 3.05) is 11.9 Å². The number of hydrogen-bond donors (Lipinski definition) is 2. The number of aromatic nitrogens is 1. The highest BCUT2D eigenvalue weighted by atomic mass is 19.1. The summed E-state index contributed by atoms with van der Waals surface area (Å²) in [6.45, 7) is 5.54. The summed E-state index contributed by atoms with van der Waals surface area (Å²) in [6, 6.07) is 13.0. The number of pyridine rings is 1. The summed E-state index contributed by atoms with van der Waals surface area (Å²) in [7, 11) is 0. The summed E-state index contributed by atoms with van der Waals surface area (Å²) in [4.78, 5) is 29.6. The number of halogens is 2. The molecule has 1 amide bonds. The number of carbonyl (C=O) groups excluding carboxylic acids is 2. The molecular formula is C26H27F2N3O2. The van der Waals surface area contributed by atoms with Crippen LogP contribution in [0.25, 0.3) is 11.1 Å². The predicted molar refractivity (Wildman–Crippen MR) is 125 cm³/mol. The molecule has 2 N–H and O–H groups in total. The Labute approximate surface area is 192 Å². The quantitative estimate of drug-likeness (QED) is 0.441. The van der Waals surface area contributed by atoms with Crippen molar-refractivity contribution < 1.29 is 18.4 Å². The Morgan fingerprint density at radius 1 is 1.03 bits per heavy atom. The largest absolute Gasteiger partial charge is 0.323 e. The summed E-state index contributed by atoms with van der Waals surface area (Å²) in [6.07, 6.45) is 2.52. The Balaban J connectivity index is 1.78. The molecule has 1 heterocycles. The number of anilines is 1. The van der Waals surface area contributed by atoms with E-state index in [-0.39, 0.29) is 36.0 Å². The Morgan fingerprint density at radius 2 is 1.82 bits per heavy atom. The molecule has 33 heavy (non-hydrogen) atoms. The van der Waals surface area contributed by atoms with Crippen molar-refractivity contribution in [2.24, 2.45) is 5.92 Å².